The molecule has 0 aromatic heterocycles. The van der Waals surface area contributed by atoms with Crippen molar-refractivity contribution < 1.29 is 104 Å². The Hall–Kier alpha value is -2.27. The van der Waals surface area contributed by atoms with Crippen molar-refractivity contribution in [2.45, 2.75) is 342 Å². The number of nitrogens with one attached hydrogen (secondary N) is 2. The second kappa shape index (κ2) is 43.4. The lowest BCUT2D eigenvalue weighted by molar-refractivity contribution is -0.386. The van der Waals surface area contributed by atoms with E-state index in [2.05, 4.69) is 24.5 Å². The molecule has 494 valence electrons. The Morgan fingerprint density at radius 2 is 1.04 bits per heavy atom. The zero-order chi connectivity index (χ0) is 61.9. The molecule has 18 atom stereocenters. The van der Waals surface area contributed by atoms with Crippen LogP contribution < -0.4 is 10.6 Å². The molecule has 0 spiro atoms. The summed E-state index contributed by atoms with van der Waals surface area (Å²) in [6.07, 6.45) is 6.88. The van der Waals surface area contributed by atoms with Gasteiger partial charge in [0.1, 0.15) is 67.1 Å². The minimum absolute atomic E-state index is 0.229. The highest BCUT2D eigenvalue weighted by molar-refractivity contribution is 5.77. The van der Waals surface area contributed by atoms with E-state index in [1.165, 1.54) is 135 Å². The number of hydrogen-bond acceptors (Lipinski definition) is 20. The van der Waals surface area contributed by atoms with E-state index >= 15 is 0 Å². The first-order valence-electron chi connectivity index (χ1n) is 32.4. The molecule has 23 heteroatoms. The fourth-order valence-corrected chi connectivity index (χ4v) is 11.6. The normalized spacial score (nSPS) is 29.7. The van der Waals surface area contributed by atoms with Crippen molar-refractivity contribution in [2.75, 3.05) is 26.4 Å². The Balaban J connectivity index is 1.63. The van der Waals surface area contributed by atoms with Crippen LogP contribution in [0.3, 0.4) is 0 Å². The molecule has 0 radical (unpaired) electrons. The average Bonchev–Trinajstić information content (AvgIpc) is 1.44. The maximum atomic E-state index is 13.4. The highest BCUT2D eigenvalue weighted by Gasteiger charge is 2.60. The smallest absolute Gasteiger partial charge is 0.364 e. The van der Waals surface area contributed by atoms with E-state index in [0.717, 1.165) is 51.9 Å². The second-order valence-corrected chi connectivity index (χ2v) is 24.0. The largest absolute Gasteiger partial charge is 0.477 e. The summed E-state index contributed by atoms with van der Waals surface area (Å²) in [4.78, 5) is 38.4. The minimum Gasteiger partial charge on any atom is -0.477 e. The molecule has 18 unspecified atom stereocenters. The quantitative estimate of drug-likeness (QED) is 0.0380. The third-order valence-corrected chi connectivity index (χ3v) is 16.8. The first-order chi connectivity index (χ1) is 40.4. The summed E-state index contributed by atoms with van der Waals surface area (Å²) in [5.41, 5.74) is 0. The van der Waals surface area contributed by atoms with Crippen LogP contribution in [0.4, 0.5) is 0 Å². The molecule has 3 fully saturated rings. The number of aliphatic hydroxyl groups is 11. The summed E-state index contributed by atoms with van der Waals surface area (Å²) < 4.78 is 34.8. The molecule has 84 heavy (non-hydrogen) atoms. The summed E-state index contributed by atoms with van der Waals surface area (Å²) in [6, 6.07) is -2.52. The van der Waals surface area contributed by atoms with Crippen LogP contribution in [0.2, 0.25) is 0 Å². The van der Waals surface area contributed by atoms with Crippen LogP contribution in [-0.4, -0.2) is 215 Å². The van der Waals surface area contributed by atoms with E-state index in [9.17, 15) is 75.7 Å². The molecule has 3 heterocycles. The highest BCUT2D eigenvalue weighted by Crippen LogP contribution is 2.38. The molecule has 3 saturated heterocycles. The zero-order valence-electron chi connectivity index (χ0n) is 51.0. The van der Waals surface area contributed by atoms with Gasteiger partial charge in [-0.3, -0.25) is 9.59 Å². The summed E-state index contributed by atoms with van der Waals surface area (Å²) in [6.45, 7) is 2.19. The van der Waals surface area contributed by atoms with Crippen LogP contribution in [0.15, 0.2) is 0 Å². The van der Waals surface area contributed by atoms with Crippen LogP contribution in [0.25, 0.3) is 0 Å². The van der Waals surface area contributed by atoms with Gasteiger partial charge < -0.3 is 100 Å². The molecule has 0 aromatic rings. The van der Waals surface area contributed by atoms with Crippen molar-refractivity contribution in [1.82, 2.24) is 10.6 Å². The second-order valence-electron chi connectivity index (χ2n) is 24.0. The minimum atomic E-state index is -3.08. The van der Waals surface area contributed by atoms with Crippen molar-refractivity contribution in [2.24, 2.45) is 0 Å². The van der Waals surface area contributed by atoms with Gasteiger partial charge in [-0.05, 0) is 12.8 Å². The lowest BCUT2D eigenvalue weighted by atomic mass is 9.88. The number of aliphatic carboxylic acids is 1. The number of carboxylic acids is 1. The van der Waals surface area contributed by atoms with Gasteiger partial charge >= 0.3 is 5.97 Å². The number of ether oxygens (including phenoxy) is 6. The predicted octanol–water partition coefficient (Wildman–Crippen LogP) is 4.17. The molecule has 23 nitrogen and oxygen atoms in total. The Kier molecular flexibility index (Phi) is 39.3. The van der Waals surface area contributed by atoms with Crippen molar-refractivity contribution in [3.05, 3.63) is 0 Å². The maximum absolute atomic E-state index is 13.4. The first kappa shape index (κ1) is 76.0. The third-order valence-electron chi connectivity index (χ3n) is 16.8. The number of rotatable bonds is 48. The molecule has 0 bridgehead atoms. The molecule has 0 aliphatic carbocycles. The van der Waals surface area contributed by atoms with Gasteiger partial charge in [0.2, 0.25) is 11.8 Å². The van der Waals surface area contributed by atoms with Crippen LogP contribution >= 0.6 is 0 Å². The monoisotopic (exact) mass is 1210 g/mol. The molecule has 2 amide bonds. The van der Waals surface area contributed by atoms with Crippen molar-refractivity contribution >= 4 is 17.8 Å². The van der Waals surface area contributed by atoms with E-state index in [4.69, 9.17) is 28.4 Å². The standard InChI is InChI=1S/C61H114N2O21/c1-4-6-8-10-12-14-16-18-19-20-21-23-25-27-29-31-33-35-48(71)63-42(43(68)34-32-30-28-26-24-22-17-15-13-11-9-7-5-2)40-79-58-53(75)52(74)55(47(39-66)81-58)82-59-54(76)57(51(73)46(38-65)80-59)84-61(60(77)78)36-44(69)49(62-41(3)67)56(83-61)50(72)45(70)37-64/h42-47,49-59,64-66,68-70,72-76H,4-40H2,1-3H3,(H,62,67)(H,63,71)(H,77,78). The first-order valence-corrected chi connectivity index (χ1v) is 32.4. The average molecular weight is 1210 g/mol. The van der Waals surface area contributed by atoms with Crippen molar-refractivity contribution in [3.8, 4) is 0 Å². The summed E-state index contributed by atoms with van der Waals surface area (Å²) in [5.74, 6) is -6.09. The van der Waals surface area contributed by atoms with E-state index in [-0.39, 0.29) is 18.9 Å². The molecule has 3 aliphatic rings. The highest BCUT2D eigenvalue weighted by atomic mass is 16.8. The van der Waals surface area contributed by atoms with E-state index in [0.29, 0.717) is 19.3 Å². The predicted molar refractivity (Wildman–Crippen MR) is 311 cm³/mol. The van der Waals surface area contributed by atoms with Crippen LogP contribution in [-0.2, 0) is 42.8 Å². The molecular formula is C61H114N2O21. The molecule has 3 rings (SSSR count). The molecular weight excluding hydrogens is 1100 g/mol. The summed E-state index contributed by atoms with van der Waals surface area (Å²) in [7, 11) is 0. The Morgan fingerprint density at radius 3 is 1.49 bits per heavy atom. The van der Waals surface area contributed by atoms with Gasteiger partial charge in [0.15, 0.2) is 12.6 Å². The number of carbonyl (C=O) groups excluding carboxylic acids is 2. The summed E-state index contributed by atoms with van der Waals surface area (Å²) >= 11 is 0. The van der Waals surface area contributed by atoms with Gasteiger partial charge in [-0.2, -0.15) is 0 Å². The van der Waals surface area contributed by atoms with Gasteiger partial charge in [-0.1, -0.05) is 200 Å². The van der Waals surface area contributed by atoms with Gasteiger partial charge in [0, 0.05) is 19.8 Å². The van der Waals surface area contributed by atoms with Crippen LogP contribution in [0.1, 0.15) is 233 Å². The SMILES string of the molecule is CCCCCCCCCCCCCCCCCCCC(=O)NC(COC1OC(CO)C(OC2OC(CO)C(O)C(OC3(C(=O)O)CC(O)C(NC(C)=O)C(C(O)C(O)CO)O3)C2O)C(O)C1O)C(O)CCCCCCCCCCCCCCC. The van der Waals surface area contributed by atoms with Gasteiger partial charge in [-0.25, -0.2) is 4.79 Å². The lowest BCUT2D eigenvalue weighted by Crippen LogP contribution is -2.70. The van der Waals surface area contributed by atoms with Gasteiger partial charge in [0.05, 0.1) is 50.7 Å². The number of aliphatic hydroxyl groups excluding tert-OH is 11. The van der Waals surface area contributed by atoms with E-state index in [1.54, 1.807) is 0 Å². The summed E-state index contributed by atoms with van der Waals surface area (Å²) in [5, 5.41) is 136. The van der Waals surface area contributed by atoms with E-state index < -0.39 is 148 Å². The number of unbranched alkanes of at least 4 members (excludes halogenated alkanes) is 28. The molecule has 14 N–H and O–H groups in total. The maximum Gasteiger partial charge on any atom is 0.364 e. The Bertz CT molecular complexity index is 1720. The van der Waals surface area contributed by atoms with Crippen LogP contribution in [0.5, 0.6) is 0 Å². The third kappa shape index (κ3) is 26.8. The Morgan fingerprint density at radius 1 is 0.571 bits per heavy atom. The number of hydrogen-bond donors (Lipinski definition) is 14. The fourth-order valence-electron chi connectivity index (χ4n) is 11.6. The fraction of sp³-hybridized carbons (Fsp3) is 0.951. The Labute approximate surface area is 499 Å². The molecule has 3 aliphatic heterocycles. The zero-order valence-corrected chi connectivity index (χ0v) is 51.0. The molecule has 0 aromatic carbocycles. The van der Waals surface area contributed by atoms with Gasteiger partial charge in [0.25, 0.3) is 5.79 Å². The molecule has 0 saturated carbocycles. The van der Waals surface area contributed by atoms with Crippen molar-refractivity contribution in [1.29, 1.82) is 0 Å². The van der Waals surface area contributed by atoms with Crippen LogP contribution in [0, 0.1) is 0 Å². The topological polar surface area (TPSA) is 373 Å². The lowest BCUT2D eigenvalue weighted by Gasteiger charge is -2.50. The number of carbonyl (C=O) groups is 3. The van der Waals surface area contributed by atoms with Gasteiger partial charge in [-0.15, -0.1) is 0 Å². The van der Waals surface area contributed by atoms with E-state index in [1.807, 2.05) is 0 Å². The number of amides is 2. The van der Waals surface area contributed by atoms with Crippen molar-refractivity contribution in [3.63, 3.8) is 0 Å². The number of carboxylic acid groups (broad SMARTS) is 1.